The van der Waals surface area contributed by atoms with E-state index in [-0.39, 0.29) is 0 Å². The van der Waals surface area contributed by atoms with Crippen LogP contribution in [0.2, 0.25) is 0 Å². The molecule has 49 heavy (non-hydrogen) atoms. The number of rotatable bonds is 38. The predicted octanol–water partition coefficient (Wildman–Crippen LogP) is 10.8. The molecule has 0 aromatic rings. The zero-order valence-corrected chi connectivity index (χ0v) is 32.4. The molecule has 0 fully saturated rings. The summed E-state index contributed by atoms with van der Waals surface area (Å²) in [6, 6.07) is -1.00. The van der Waals surface area contributed by atoms with Crippen LogP contribution < -0.4 is 5.32 Å². The minimum Gasteiger partial charge on any atom is -0.394 e. The Kier molecular flexibility index (Phi) is 37.1. The van der Waals surface area contributed by atoms with E-state index in [0.29, 0.717) is 19.3 Å². The van der Waals surface area contributed by atoms with Gasteiger partial charge in [0, 0.05) is 0 Å². The van der Waals surface area contributed by atoms with Crippen LogP contribution in [0.1, 0.15) is 213 Å². The topological polar surface area (TPSA) is 110 Å². The summed E-state index contributed by atoms with van der Waals surface area (Å²) in [7, 11) is 0. The van der Waals surface area contributed by atoms with E-state index in [1.807, 2.05) is 0 Å². The van der Waals surface area contributed by atoms with E-state index in [1.165, 1.54) is 141 Å². The number of amides is 1. The van der Waals surface area contributed by atoms with Crippen molar-refractivity contribution in [1.29, 1.82) is 0 Å². The normalized spacial score (nSPS) is 14.5. The van der Waals surface area contributed by atoms with Crippen LogP contribution in [-0.2, 0) is 4.79 Å². The second kappa shape index (κ2) is 38.0. The molecular formula is C43H83NO5. The van der Waals surface area contributed by atoms with Crippen LogP contribution in [0, 0.1) is 0 Å². The van der Waals surface area contributed by atoms with Gasteiger partial charge in [0.2, 0.25) is 5.91 Å². The standard InChI is InChI=1S/C43H83NO5/c1-3-5-7-9-11-13-15-17-19-21-23-24-26-28-30-32-34-36-40(46)42(48)39(38-45)44-43(49)41(47)37-35-33-31-29-27-25-22-20-18-16-14-12-10-8-6-4-2/h21,23,28,30,39-42,45-48H,3-20,22,24-27,29,31-38H2,1-2H3,(H,44,49)/b23-21+,30-28+. The third-order valence-electron chi connectivity index (χ3n) is 9.89. The van der Waals surface area contributed by atoms with Crippen LogP contribution in [0.5, 0.6) is 0 Å². The maximum atomic E-state index is 12.5. The van der Waals surface area contributed by atoms with Gasteiger partial charge in [0.05, 0.1) is 18.8 Å². The molecule has 0 saturated heterocycles. The van der Waals surface area contributed by atoms with Gasteiger partial charge in [-0.2, -0.15) is 0 Å². The molecule has 1 amide bonds. The highest BCUT2D eigenvalue weighted by Crippen LogP contribution is 2.15. The number of aliphatic hydroxyl groups excluding tert-OH is 4. The number of aliphatic hydroxyl groups is 4. The minimum absolute atomic E-state index is 0.364. The van der Waals surface area contributed by atoms with Gasteiger partial charge in [-0.25, -0.2) is 0 Å². The number of carbonyl (C=O) groups is 1. The Bertz CT molecular complexity index is 742. The fourth-order valence-electron chi connectivity index (χ4n) is 6.48. The monoisotopic (exact) mass is 694 g/mol. The van der Waals surface area contributed by atoms with E-state index in [9.17, 15) is 25.2 Å². The molecule has 0 rings (SSSR count). The molecule has 0 aliphatic carbocycles. The Balaban J connectivity index is 3.81. The maximum Gasteiger partial charge on any atom is 0.249 e. The minimum atomic E-state index is -1.29. The van der Waals surface area contributed by atoms with Crippen molar-refractivity contribution in [3.8, 4) is 0 Å². The van der Waals surface area contributed by atoms with Crippen molar-refractivity contribution in [2.75, 3.05) is 6.61 Å². The summed E-state index contributed by atoms with van der Waals surface area (Å²) < 4.78 is 0. The second-order valence-electron chi connectivity index (χ2n) is 14.7. The van der Waals surface area contributed by atoms with Crippen LogP contribution in [0.15, 0.2) is 24.3 Å². The first-order chi connectivity index (χ1) is 24.0. The lowest BCUT2D eigenvalue weighted by Crippen LogP contribution is -2.53. The smallest absolute Gasteiger partial charge is 0.249 e. The van der Waals surface area contributed by atoms with Gasteiger partial charge in [-0.1, -0.05) is 186 Å². The molecule has 0 aromatic heterocycles. The SMILES string of the molecule is CCCCCCCCCC/C=C/CC/C=C/CCCC(O)C(O)C(CO)NC(=O)C(O)CCCCCCCCCCCCCCCCCC. The average Bonchev–Trinajstić information content (AvgIpc) is 3.11. The van der Waals surface area contributed by atoms with Crippen LogP contribution >= 0.6 is 0 Å². The highest BCUT2D eigenvalue weighted by Gasteiger charge is 2.28. The summed E-state index contributed by atoms with van der Waals surface area (Å²) in [6.45, 7) is 4.03. The van der Waals surface area contributed by atoms with Crippen molar-refractivity contribution in [3.05, 3.63) is 24.3 Å². The van der Waals surface area contributed by atoms with E-state index in [4.69, 9.17) is 0 Å². The van der Waals surface area contributed by atoms with Crippen molar-refractivity contribution >= 4 is 5.91 Å². The molecular weight excluding hydrogens is 610 g/mol. The molecule has 0 aliphatic heterocycles. The first-order valence-corrected chi connectivity index (χ1v) is 21.2. The van der Waals surface area contributed by atoms with E-state index >= 15 is 0 Å². The van der Waals surface area contributed by atoms with Gasteiger partial charge in [-0.15, -0.1) is 0 Å². The molecule has 290 valence electrons. The van der Waals surface area contributed by atoms with Gasteiger partial charge >= 0.3 is 0 Å². The number of carbonyl (C=O) groups excluding carboxylic acids is 1. The third-order valence-corrected chi connectivity index (χ3v) is 9.89. The number of nitrogens with one attached hydrogen (secondary N) is 1. The van der Waals surface area contributed by atoms with Crippen molar-refractivity contribution in [1.82, 2.24) is 5.32 Å². The summed E-state index contributed by atoms with van der Waals surface area (Å²) in [4.78, 5) is 12.5. The highest BCUT2D eigenvalue weighted by molar-refractivity contribution is 5.80. The Hall–Kier alpha value is -1.21. The molecule has 0 aliphatic rings. The van der Waals surface area contributed by atoms with Crippen LogP contribution in [0.4, 0.5) is 0 Å². The molecule has 0 radical (unpaired) electrons. The lowest BCUT2D eigenvalue weighted by molar-refractivity contribution is -0.132. The Morgan fingerprint density at radius 2 is 0.857 bits per heavy atom. The molecule has 6 heteroatoms. The molecule has 0 bridgehead atoms. The molecule has 0 spiro atoms. The maximum absolute atomic E-state index is 12.5. The number of unbranched alkanes of at least 4 members (excludes halogenated alkanes) is 25. The van der Waals surface area contributed by atoms with Gasteiger partial charge in [-0.05, 0) is 51.4 Å². The Morgan fingerprint density at radius 3 is 1.29 bits per heavy atom. The van der Waals surface area contributed by atoms with Crippen molar-refractivity contribution in [3.63, 3.8) is 0 Å². The van der Waals surface area contributed by atoms with E-state index in [1.54, 1.807) is 0 Å². The quantitative estimate of drug-likeness (QED) is 0.0327. The second-order valence-corrected chi connectivity index (χ2v) is 14.7. The summed E-state index contributed by atoms with van der Waals surface area (Å²) in [5.41, 5.74) is 0. The Morgan fingerprint density at radius 1 is 0.490 bits per heavy atom. The fraction of sp³-hybridized carbons (Fsp3) is 0.884. The zero-order valence-electron chi connectivity index (χ0n) is 32.4. The van der Waals surface area contributed by atoms with Crippen molar-refractivity contribution in [2.45, 2.75) is 237 Å². The summed E-state index contributed by atoms with van der Waals surface area (Å²) in [5, 5.41) is 43.6. The first kappa shape index (κ1) is 47.8. The van der Waals surface area contributed by atoms with Crippen LogP contribution in [-0.4, -0.2) is 57.3 Å². The number of hydrogen-bond donors (Lipinski definition) is 5. The molecule has 0 aromatic carbocycles. The molecule has 0 saturated carbocycles. The van der Waals surface area contributed by atoms with Gasteiger partial charge in [0.15, 0.2) is 0 Å². The van der Waals surface area contributed by atoms with Crippen molar-refractivity contribution in [2.24, 2.45) is 0 Å². The van der Waals surface area contributed by atoms with Gasteiger partial charge in [0.25, 0.3) is 0 Å². The molecule has 0 heterocycles. The number of hydrogen-bond acceptors (Lipinski definition) is 5. The molecule has 4 unspecified atom stereocenters. The molecule has 5 N–H and O–H groups in total. The van der Waals surface area contributed by atoms with Gasteiger partial charge in [0.1, 0.15) is 12.2 Å². The van der Waals surface area contributed by atoms with Crippen LogP contribution in [0.3, 0.4) is 0 Å². The molecule has 4 atom stereocenters. The van der Waals surface area contributed by atoms with E-state index in [2.05, 4.69) is 43.5 Å². The van der Waals surface area contributed by atoms with Gasteiger partial charge in [-0.3, -0.25) is 4.79 Å². The van der Waals surface area contributed by atoms with Gasteiger partial charge < -0.3 is 25.7 Å². The fourth-order valence-corrected chi connectivity index (χ4v) is 6.48. The third kappa shape index (κ3) is 32.4. The van der Waals surface area contributed by atoms with Crippen molar-refractivity contribution < 1.29 is 25.2 Å². The number of allylic oxidation sites excluding steroid dienone is 4. The van der Waals surface area contributed by atoms with E-state index < -0.39 is 36.9 Å². The lowest BCUT2D eigenvalue weighted by atomic mass is 10.00. The summed E-state index contributed by atoms with van der Waals surface area (Å²) in [6.07, 6.45) is 42.0. The van der Waals surface area contributed by atoms with E-state index in [0.717, 1.165) is 38.5 Å². The Labute approximate surface area is 304 Å². The summed E-state index contributed by atoms with van der Waals surface area (Å²) in [5.74, 6) is -0.596. The average molecular weight is 694 g/mol. The lowest BCUT2D eigenvalue weighted by Gasteiger charge is -2.27. The first-order valence-electron chi connectivity index (χ1n) is 21.2. The zero-order chi connectivity index (χ0) is 36.0. The summed E-state index contributed by atoms with van der Waals surface area (Å²) >= 11 is 0. The molecule has 6 nitrogen and oxygen atoms in total. The van der Waals surface area contributed by atoms with Crippen LogP contribution in [0.25, 0.3) is 0 Å². The highest BCUT2D eigenvalue weighted by atomic mass is 16.3. The predicted molar refractivity (Wildman–Crippen MR) is 210 cm³/mol. The largest absolute Gasteiger partial charge is 0.394 e.